The molecule has 0 aromatic carbocycles. The van der Waals surface area contributed by atoms with Crippen molar-refractivity contribution >= 4 is 19.8 Å². The van der Waals surface area contributed by atoms with Gasteiger partial charge in [0.15, 0.2) is 6.10 Å². The zero-order valence-corrected chi connectivity index (χ0v) is 35.8. The molecule has 0 aromatic rings. The molecule has 0 saturated carbocycles. The van der Waals surface area contributed by atoms with Crippen LogP contribution in [-0.4, -0.2) is 70.0 Å². The van der Waals surface area contributed by atoms with Crippen LogP contribution in [0.25, 0.3) is 0 Å². The summed E-state index contributed by atoms with van der Waals surface area (Å²) in [6, 6.07) is 0. The fraction of sp³-hybridized carbons (Fsp3) is 0.727. The number of phosphoric acid groups is 1. The molecule has 0 heterocycles. The number of likely N-dealkylation sites (N-methyl/N-ethyl adjacent to an activating group) is 1. The third-order valence-corrected chi connectivity index (χ3v) is 9.49. The topological polar surface area (TPSA) is 111 Å². The molecule has 0 rings (SSSR count). The largest absolute Gasteiger partial charge is 0.756 e. The molecular weight excluding hydrogens is 701 g/mol. The van der Waals surface area contributed by atoms with Crippen molar-refractivity contribution in [3.05, 3.63) is 60.8 Å². The van der Waals surface area contributed by atoms with Crippen LogP contribution in [0.4, 0.5) is 0 Å². The van der Waals surface area contributed by atoms with E-state index in [0.29, 0.717) is 23.9 Å². The quantitative estimate of drug-likeness (QED) is 0.0201. The number of hydrogen-bond acceptors (Lipinski definition) is 8. The summed E-state index contributed by atoms with van der Waals surface area (Å²) >= 11 is 0. The Morgan fingerprint density at radius 1 is 0.593 bits per heavy atom. The minimum absolute atomic E-state index is 0.0396. The summed E-state index contributed by atoms with van der Waals surface area (Å²) < 4.78 is 33.8. The minimum Gasteiger partial charge on any atom is -0.756 e. The monoisotopic (exact) mass is 780 g/mol. The van der Waals surface area contributed by atoms with E-state index in [-0.39, 0.29) is 26.1 Å². The van der Waals surface area contributed by atoms with Gasteiger partial charge in [-0.1, -0.05) is 126 Å². The fourth-order valence-electron chi connectivity index (χ4n) is 5.23. The fourth-order valence-corrected chi connectivity index (χ4v) is 5.96. The second-order valence-corrected chi connectivity index (χ2v) is 16.4. The van der Waals surface area contributed by atoms with Crippen molar-refractivity contribution in [3.8, 4) is 0 Å². The van der Waals surface area contributed by atoms with Gasteiger partial charge in [-0.25, -0.2) is 0 Å². The van der Waals surface area contributed by atoms with Gasteiger partial charge >= 0.3 is 11.9 Å². The van der Waals surface area contributed by atoms with E-state index >= 15 is 0 Å². The molecule has 0 radical (unpaired) electrons. The summed E-state index contributed by atoms with van der Waals surface area (Å²) in [7, 11) is 1.13. The van der Waals surface area contributed by atoms with Crippen LogP contribution in [0.2, 0.25) is 0 Å². The molecule has 1 unspecified atom stereocenters. The van der Waals surface area contributed by atoms with Crippen LogP contribution in [-0.2, 0) is 32.7 Å². The molecule has 0 aliphatic carbocycles. The van der Waals surface area contributed by atoms with Crippen molar-refractivity contribution in [3.63, 3.8) is 0 Å². The molecular formula is C44H78NO8P. The number of quaternary nitrogens is 1. The van der Waals surface area contributed by atoms with Crippen molar-refractivity contribution in [2.24, 2.45) is 0 Å². The number of rotatable bonds is 37. The molecule has 0 spiro atoms. The van der Waals surface area contributed by atoms with Crippen molar-refractivity contribution in [1.29, 1.82) is 0 Å². The first-order valence-electron chi connectivity index (χ1n) is 21.0. The smallest absolute Gasteiger partial charge is 0.306 e. The highest BCUT2D eigenvalue weighted by Gasteiger charge is 2.21. The first-order chi connectivity index (χ1) is 26.0. The molecule has 0 saturated heterocycles. The van der Waals surface area contributed by atoms with Gasteiger partial charge in [0.2, 0.25) is 0 Å². The lowest BCUT2D eigenvalue weighted by Crippen LogP contribution is -2.37. The molecule has 10 heteroatoms. The van der Waals surface area contributed by atoms with Gasteiger partial charge in [0.05, 0.1) is 27.7 Å². The van der Waals surface area contributed by atoms with E-state index in [1.54, 1.807) is 0 Å². The van der Waals surface area contributed by atoms with Crippen LogP contribution >= 0.6 is 7.82 Å². The van der Waals surface area contributed by atoms with Gasteiger partial charge in [-0.2, -0.15) is 0 Å². The molecule has 0 N–H and O–H groups in total. The highest BCUT2D eigenvalue weighted by molar-refractivity contribution is 7.45. The molecule has 0 bridgehead atoms. The number of allylic oxidation sites excluding steroid dienone is 10. The van der Waals surface area contributed by atoms with Crippen LogP contribution in [0.5, 0.6) is 0 Å². The predicted molar refractivity (Wildman–Crippen MR) is 222 cm³/mol. The number of carbonyl (C=O) groups is 2. The number of hydrogen-bond donors (Lipinski definition) is 0. The van der Waals surface area contributed by atoms with Crippen LogP contribution in [0.15, 0.2) is 60.8 Å². The lowest BCUT2D eigenvalue weighted by Gasteiger charge is -2.28. The third kappa shape index (κ3) is 39.4. The van der Waals surface area contributed by atoms with Crippen molar-refractivity contribution < 1.29 is 42.1 Å². The van der Waals surface area contributed by atoms with Crippen molar-refractivity contribution in [2.75, 3.05) is 47.5 Å². The predicted octanol–water partition coefficient (Wildman–Crippen LogP) is 11.1. The van der Waals surface area contributed by atoms with E-state index in [1.165, 1.54) is 25.7 Å². The lowest BCUT2D eigenvalue weighted by atomic mass is 10.1. The number of carbonyl (C=O) groups excluding carboxylic acids is 2. The van der Waals surface area contributed by atoms with Gasteiger partial charge in [-0.3, -0.25) is 14.2 Å². The second kappa shape index (κ2) is 36.4. The molecule has 0 fully saturated rings. The summed E-state index contributed by atoms with van der Waals surface area (Å²) in [4.78, 5) is 37.5. The summed E-state index contributed by atoms with van der Waals surface area (Å²) in [5, 5.41) is 0. The van der Waals surface area contributed by atoms with E-state index in [1.807, 2.05) is 21.1 Å². The average Bonchev–Trinajstić information content (AvgIpc) is 3.12. The van der Waals surface area contributed by atoms with Crippen LogP contribution < -0.4 is 4.89 Å². The summed E-state index contributed by atoms with van der Waals surface area (Å²) in [5.41, 5.74) is 0. The Kier molecular flexibility index (Phi) is 34.8. The van der Waals surface area contributed by atoms with E-state index in [9.17, 15) is 19.0 Å². The Morgan fingerprint density at radius 2 is 1.06 bits per heavy atom. The average molecular weight is 780 g/mol. The lowest BCUT2D eigenvalue weighted by molar-refractivity contribution is -0.870. The molecule has 0 amide bonds. The van der Waals surface area contributed by atoms with Gasteiger partial charge in [0, 0.05) is 12.8 Å². The van der Waals surface area contributed by atoms with Gasteiger partial charge in [-0.15, -0.1) is 0 Å². The zero-order valence-electron chi connectivity index (χ0n) is 34.9. The molecule has 2 atom stereocenters. The standard InChI is InChI=1S/C44H78NO8P/c1-6-8-10-12-14-16-18-20-22-24-26-28-30-32-34-36-43(46)50-40-42(41-52-54(48,49)51-39-38-45(3,4)5)53-44(47)37-35-33-31-29-27-25-23-21-19-17-15-13-11-9-7-2/h9,11,14-17,20-23,42H,6-8,10,12-13,18-19,24-41H2,1-5H3/b11-9-,16-14-,17-15-,22-20-,23-21-/t42-/m1/s1. The minimum atomic E-state index is -4.63. The Hall–Kier alpha value is -2.29. The highest BCUT2D eigenvalue weighted by Crippen LogP contribution is 2.38. The molecule has 0 aromatic heterocycles. The highest BCUT2D eigenvalue weighted by atomic mass is 31.2. The Morgan fingerprint density at radius 3 is 1.57 bits per heavy atom. The second-order valence-electron chi connectivity index (χ2n) is 15.0. The van der Waals surface area contributed by atoms with Crippen molar-refractivity contribution in [2.45, 2.75) is 161 Å². The van der Waals surface area contributed by atoms with Crippen molar-refractivity contribution in [1.82, 2.24) is 0 Å². The maximum atomic E-state index is 12.6. The first kappa shape index (κ1) is 51.7. The Balaban J connectivity index is 4.45. The van der Waals surface area contributed by atoms with Gasteiger partial charge in [0.25, 0.3) is 7.82 Å². The van der Waals surface area contributed by atoms with Crippen LogP contribution in [0.1, 0.15) is 155 Å². The Labute approximate surface area is 330 Å². The van der Waals surface area contributed by atoms with E-state index < -0.39 is 32.5 Å². The molecule has 54 heavy (non-hydrogen) atoms. The van der Waals surface area contributed by atoms with E-state index in [2.05, 4.69) is 74.6 Å². The SMILES string of the molecule is CC/C=C\C/C=C\C/C=C\CCCCCCCC(=O)O[C@H](COC(=O)CCCCCCC/C=C\C/C=C\CCCCC)COP(=O)([O-])OCC[N+](C)(C)C. The van der Waals surface area contributed by atoms with Gasteiger partial charge in [0.1, 0.15) is 19.8 Å². The number of unbranched alkanes of at least 4 members (excludes halogenated alkanes) is 13. The summed E-state index contributed by atoms with van der Waals surface area (Å²) in [6.45, 7) is 4.03. The number of phosphoric ester groups is 1. The summed E-state index contributed by atoms with van der Waals surface area (Å²) in [6.07, 6.45) is 42.4. The third-order valence-electron chi connectivity index (χ3n) is 8.52. The number of ether oxygens (including phenoxy) is 2. The number of nitrogens with zero attached hydrogens (tertiary/aromatic N) is 1. The maximum absolute atomic E-state index is 12.6. The van der Waals surface area contributed by atoms with Crippen LogP contribution in [0, 0.1) is 0 Å². The molecule has 0 aliphatic rings. The normalized spacial score (nSPS) is 14.3. The zero-order chi connectivity index (χ0) is 40.0. The Bertz CT molecular complexity index is 1110. The van der Waals surface area contributed by atoms with Gasteiger partial charge in [-0.05, 0) is 77.0 Å². The van der Waals surface area contributed by atoms with E-state index in [4.69, 9.17) is 18.5 Å². The van der Waals surface area contributed by atoms with Crippen LogP contribution in [0.3, 0.4) is 0 Å². The first-order valence-corrected chi connectivity index (χ1v) is 22.5. The molecule has 0 aliphatic heterocycles. The number of esters is 2. The molecule has 9 nitrogen and oxygen atoms in total. The summed E-state index contributed by atoms with van der Waals surface area (Å²) in [5.74, 6) is -0.876. The molecule has 312 valence electrons. The van der Waals surface area contributed by atoms with Gasteiger partial charge < -0.3 is 27.9 Å². The van der Waals surface area contributed by atoms with E-state index in [0.717, 1.165) is 89.9 Å². The maximum Gasteiger partial charge on any atom is 0.306 e.